The molecule has 2 atom stereocenters. The monoisotopic (exact) mass is 625 g/mol. The van der Waals surface area contributed by atoms with Gasteiger partial charge in [0.15, 0.2) is 0 Å². The number of hydrogen-bond donors (Lipinski definition) is 0. The van der Waals surface area contributed by atoms with Gasteiger partial charge in [0.25, 0.3) is 0 Å². The fourth-order valence-corrected chi connectivity index (χ4v) is 37.0. The Bertz CT molecular complexity index is 1350. The third-order valence-corrected chi connectivity index (χ3v) is 39.2. The zero-order chi connectivity index (χ0) is 22.8. The Balaban J connectivity index is 1.35. The van der Waals surface area contributed by atoms with E-state index in [9.17, 15) is 0 Å². The number of allylic oxidation sites excluding steroid dienone is 2. The van der Waals surface area contributed by atoms with Crippen LogP contribution in [0.1, 0.15) is 64.7 Å². The van der Waals surface area contributed by atoms with Crippen LogP contribution in [0.5, 0.6) is 0 Å². The molecule has 0 aromatic heterocycles. The number of rotatable bonds is 4. The number of hydrogen-bond acceptors (Lipinski definition) is 0. The second-order valence-corrected chi connectivity index (χ2v) is 39.3. The van der Waals surface area contributed by atoms with Crippen LogP contribution in [-0.4, -0.2) is 5.98 Å². The zero-order valence-electron chi connectivity index (χ0n) is 20.4. The minimum absolute atomic E-state index is 0.731. The van der Waals surface area contributed by atoms with Crippen LogP contribution in [0.25, 0.3) is 23.3 Å². The van der Waals surface area contributed by atoms with Gasteiger partial charge in [-0.05, 0) is 0 Å². The first-order valence-electron chi connectivity index (χ1n) is 13.3. The molecule has 2 heteroatoms. The Kier molecular flexibility index (Phi) is 5.32. The van der Waals surface area contributed by atoms with Crippen LogP contribution in [0.2, 0.25) is 13.1 Å². The van der Waals surface area contributed by atoms with Crippen LogP contribution in [0, 0.1) is 0 Å². The topological polar surface area (TPSA) is 0 Å². The Morgan fingerprint density at radius 3 is 2.24 bits per heavy atom. The van der Waals surface area contributed by atoms with E-state index in [1.165, 1.54) is 44.1 Å². The maximum atomic E-state index is 2.68. The first-order chi connectivity index (χ1) is 16.7. The van der Waals surface area contributed by atoms with E-state index in [2.05, 4.69) is 85.9 Å². The molecular weight excluding hydrogens is 591 g/mol. The van der Waals surface area contributed by atoms with Crippen molar-refractivity contribution in [1.82, 2.24) is 0 Å². The van der Waals surface area contributed by atoms with Crippen molar-refractivity contribution in [2.75, 3.05) is 0 Å². The average Bonchev–Trinajstić information content (AvgIpc) is 3.64. The Morgan fingerprint density at radius 2 is 1.41 bits per heavy atom. The third kappa shape index (κ3) is 3.32. The Hall–Kier alpha value is -1.77. The van der Waals surface area contributed by atoms with Gasteiger partial charge in [0.2, 0.25) is 0 Å². The van der Waals surface area contributed by atoms with Gasteiger partial charge in [-0.25, -0.2) is 0 Å². The van der Waals surface area contributed by atoms with Gasteiger partial charge in [0.1, 0.15) is 0 Å². The fourth-order valence-electron chi connectivity index (χ4n) is 7.32. The molecule has 0 fully saturated rings. The first kappa shape index (κ1) is 21.5. The summed E-state index contributed by atoms with van der Waals surface area (Å²) in [6, 6.07) is 19.2. The summed E-state index contributed by atoms with van der Waals surface area (Å²) < 4.78 is 1.54. The van der Waals surface area contributed by atoms with Crippen LogP contribution >= 0.6 is 0 Å². The summed E-state index contributed by atoms with van der Waals surface area (Å²) in [6.45, 7) is 5.36. The van der Waals surface area contributed by atoms with Crippen molar-refractivity contribution in [3.63, 3.8) is 0 Å². The van der Waals surface area contributed by atoms with Gasteiger partial charge in [-0.2, -0.15) is 0 Å². The van der Waals surface area contributed by atoms with Crippen molar-refractivity contribution >= 4 is 18.1 Å². The second-order valence-electron chi connectivity index (χ2n) is 11.0. The summed E-state index contributed by atoms with van der Waals surface area (Å²) in [4.78, 5) is 0. The second kappa shape index (κ2) is 8.42. The summed E-state index contributed by atoms with van der Waals surface area (Å²) in [5, 5.41) is 0. The van der Waals surface area contributed by atoms with E-state index >= 15 is 0 Å². The zero-order valence-corrected chi connectivity index (χ0v) is 25.2. The average molecular weight is 624 g/mol. The molecule has 0 saturated carbocycles. The van der Waals surface area contributed by atoms with Gasteiger partial charge in [-0.15, -0.1) is 0 Å². The van der Waals surface area contributed by atoms with E-state index in [4.69, 9.17) is 0 Å². The van der Waals surface area contributed by atoms with Crippen LogP contribution < -0.4 is 0 Å². The summed E-state index contributed by atoms with van der Waals surface area (Å²) in [6.07, 6.45) is 18.2. The van der Waals surface area contributed by atoms with Crippen molar-refractivity contribution in [3.05, 3.63) is 105 Å². The molecule has 0 bridgehead atoms. The molecule has 0 radical (unpaired) electrons. The van der Waals surface area contributed by atoms with E-state index in [-0.39, 0.29) is 0 Å². The predicted octanol–water partition coefficient (Wildman–Crippen LogP) is 7.77. The molecule has 0 aliphatic heterocycles. The first-order valence-corrected chi connectivity index (χ1v) is 26.6. The van der Waals surface area contributed by atoms with E-state index in [0.29, 0.717) is 0 Å². The molecule has 0 N–H and O–H groups in total. The van der Waals surface area contributed by atoms with Crippen LogP contribution in [0.4, 0.5) is 0 Å². The van der Waals surface area contributed by atoms with E-state index in [0.717, 1.165) is 7.35 Å². The predicted molar refractivity (Wildman–Crippen MR) is 145 cm³/mol. The molecular formula is C32H33HfSi. The molecule has 0 heterocycles. The Labute approximate surface area is 212 Å². The Morgan fingerprint density at radius 1 is 0.735 bits per heavy atom. The number of fused-ring (bicyclic) bond motifs is 4. The van der Waals surface area contributed by atoms with E-state index in [1.54, 1.807) is 50.1 Å². The number of benzene rings is 3. The van der Waals surface area contributed by atoms with E-state index in [1.807, 2.05) is 0 Å². The quantitative estimate of drug-likeness (QED) is 0.261. The van der Waals surface area contributed by atoms with Crippen molar-refractivity contribution in [3.8, 4) is 11.1 Å². The molecule has 2 unspecified atom stereocenters. The fraction of sp³-hybridized carbons (Fsp3) is 0.312. The van der Waals surface area contributed by atoms with Crippen molar-refractivity contribution in [2.45, 2.75) is 59.0 Å². The third-order valence-electron chi connectivity index (χ3n) is 8.81. The summed E-state index contributed by atoms with van der Waals surface area (Å²) in [7, 11) is 0. The summed E-state index contributed by atoms with van der Waals surface area (Å²) in [5.74, 6) is -0.731. The summed E-state index contributed by atoms with van der Waals surface area (Å²) in [5.41, 5.74) is 16.2. The normalized spacial score (nSPS) is 21.1. The van der Waals surface area contributed by atoms with Gasteiger partial charge >= 0.3 is 214 Å². The van der Waals surface area contributed by atoms with Crippen LogP contribution in [0.15, 0.2) is 60.7 Å². The molecule has 0 amide bonds. The molecule has 0 nitrogen and oxygen atoms in total. The molecule has 4 aliphatic carbocycles. The maximum absolute atomic E-state index is 2.68. The molecule has 34 heavy (non-hydrogen) atoms. The molecule has 3 aromatic rings. The standard InChI is InChI=1S/C18H15.C12H11.C2H7Si.Hf/c1-2-6-13(7-3-1)18-16-10-4-8-14(16)12-15-9-5-11-17(15)18;1-3-9-7-11-5-2-6-12(11)8-10(9)4-1;1-3-2;/h1-4,6-8,10,12H,5,9,11H2;1,3-4,7-8H,2,5-6H2;3H,1-2H3;. The SMILES string of the molecule is C[SiH](C)[Hf]([CH]1C=Cc2cc3c(cc21)CCC3)[CH]1C=Cc2c1cc1c(c2-c2ccccc2)CCC1. The van der Waals surface area contributed by atoms with Gasteiger partial charge in [-0.3, -0.25) is 0 Å². The molecule has 3 aromatic carbocycles. The molecule has 169 valence electrons. The van der Waals surface area contributed by atoms with Gasteiger partial charge < -0.3 is 0 Å². The number of aryl methyl sites for hydroxylation is 3. The molecule has 7 rings (SSSR count). The van der Waals surface area contributed by atoms with Crippen LogP contribution in [-0.2, 0) is 46.3 Å². The molecule has 0 spiro atoms. The van der Waals surface area contributed by atoms with E-state index < -0.39 is 26.6 Å². The molecule has 4 aliphatic rings. The van der Waals surface area contributed by atoms with Gasteiger partial charge in [0.05, 0.1) is 0 Å². The summed E-state index contributed by atoms with van der Waals surface area (Å²) >= 11 is -2.05. The van der Waals surface area contributed by atoms with Crippen LogP contribution in [0.3, 0.4) is 0 Å². The van der Waals surface area contributed by atoms with Gasteiger partial charge in [0, 0.05) is 0 Å². The van der Waals surface area contributed by atoms with Crippen molar-refractivity contribution in [1.29, 1.82) is 0 Å². The molecule has 0 saturated heterocycles. The van der Waals surface area contributed by atoms with Crippen molar-refractivity contribution in [2.24, 2.45) is 0 Å². The van der Waals surface area contributed by atoms with Gasteiger partial charge in [-0.1, -0.05) is 0 Å². The van der Waals surface area contributed by atoms with Crippen molar-refractivity contribution < 1.29 is 20.6 Å². The minimum atomic E-state index is -2.05.